The van der Waals surface area contributed by atoms with Crippen LogP contribution < -0.4 is 11.1 Å². The fourth-order valence-corrected chi connectivity index (χ4v) is 4.82. The predicted octanol–water partition coefficient (Wildman–Crippen LogP) is 0.609. The van der Waals surface area contributed by atoms with Gasteiger partial charge in [-0.25, -0.2) is 15.0 Å². The molecule has 0 aromatic carbocycles. The third-order valence-electron chi connectivity index (χ3n) is 5.91. The zero-order valence-electron chi connectivity index (χ0n) is 22.8. The summed E-state index contributed by atoms with van der Waals surface area (Å²) in [7, 11) is 0. The van der Waals surface area contributed by atoms with Gasteiger partial charge in [-0.05, 0) is 45.3 Å². The van der Waals surface area contributed by atoms with Crippen LogP contribution in [0.3, 0.4) is 0 Å². The standard InChI is InChI=1S/C24H43N6O8P/c1-39(2,3)11-6-18-20(31)21(32)24(38-18)30-13-29-19-22(27-12-28-23(19)30)26-8-5-10-34-15-36-17-37-16-35-14-33-9-4-7-25/h12-13,18,20-21,24,31-32H,1,4-11,14-17,25H2,2-3H3,(H,26,27,28)/t18-,20-,21-,24?/m1/s1. The number of ether oxygens (including phenoxy) is 6. The van der Waals surface area contributed by atoms with Crippen molar-refractivity contribution in [2.24, 2.45) is 5.73 Å². The van der Waals surface area contributed by atoms with E-state index in [-0.39, 0.29) is 27.2 Å². The van der Waals surface area contributed by atoms with Gasteiger partial charge in [0.15, 0.2) is 36.8 Å². The van der Waals surface area contributed by atoms with Crippen molar-refractivity contribution in [1.29, 1.82) is 0 Å². The molecule has 1 fully saturated rings. The Bertz CT molecular complexity index is 1020. The quantitative estimate of drug-likeness (QED) is 0.0983. The molecule has 0 amide bonds. The second-order valence-electron chi connectivity index (χ2n) is 9.86. The first kappa shape index (κ1) is 31.8. The molecule has 222 valence electrons. The largest absolute Gasteiger partial charge is 0.388 e. The molecule has 0 radical (unpaired) electrons. The molecule has 0 spiro atoms. The zero-order valence-corrected chi connectivity index (χ0v) is 23.7. The van der Waals surface area contributed by atoms with E-state index in [1.807, 2.05) is 0 Å². The van der Waals surface area contributed by atoms with Crippen molar-refractivity contribution in [3.8, 4) is 0 Å². The van der Waals surface area contributed by atoms with E-state index in [0.717, 1.165) is 12.6 Å². The SMILES string of the molecule is C=P(C)(C)CC[C@H]1OC(n2cnc3c(NCCCOCOCOCOCOCCCN)ncnc32)[C@H](O)[C@@H]1O. The smallest absolute Gasteiger partial charge is 0.167 e. The molecule has 0 bridgehead atoms. The van der Waals surface area contributed by atoms with Crippen molar-refractivity contribution in [2.45, 2.75) is 43.8 Å². The van der Waals surface area contributed by atoms with Crippen LogP contribution in [0.1, 0.15) is 25.5 Å². The first-order valence-corrected chi connectivity index (χ1v) is 16.1. The van der Waals surface area contributed by atoms with Crippen molar-refractivity contribution < 1.29 is 38.6 Å². The van der Waals surface area contributed by atoms with Crippen LogP contribution in [0.15, 0.2) is 12.7 Å². The highest BCUT2D eigenvalue weighted by Crippen LogP contribution is 2.40. The summed E-state index contributed by atoms with van der Waals surface area (Å²) in [4.78, 5) is 13.1. The number of aliphatic hydroxyl groups is 2. The maximum absolute atomic E-state index is 10.7. The Morgan fingerprint density at radius 3 is 2.33 bits per heavy atom. The number of imidazole rings is 1. The van der Waals surface area contributed by atoms with Crippen molar-refractivity contribution in [3.63, 3.8) is 0 Å². The number of aliphatic hydroxyl groups excluding tert-OH is 2. The summed E-state index contributed by atoms with van der Waals surface area (Å²) >= 11 is 0. The van der Waals surface area contributed by atoms with E-state index >= 15 is 0 Å². The predicted molar refractivity (Wildman–Crippen MR) is 148 cm³/mol. The number of hydrogen-bond donors (Lipinski definition) is 4. The Kier molecular flexibility index (Phi) is 13.5. The maximum atomic E-state index is 10.7. The Hall–Kier alpha value is -1.71. The van der Waals surface area contributed by atoms with Crippen LogP contribution in [0.2, 0.25) is 0 Å². The summed E-state index contributed by atoms with van der Waals surface area (Å²) in [6, 6.07) is 0. The highest BCUT2D eigenvalue weighted by Gasteiger charge is 2.44. The molecule has 1 aliphatic heterocycles. The molecule has 1 saturated heterocycles. The van der Waals surface area contributed by atoms with Crippen LogP contribution in [0.5, 0.6) is 0 Å². The number of nitrogens with zero attached hydrogens (tertiary/aromatic N) is 4. The van der Waals surface area contributed by atoms with Crippen LogP contribution >= 0.6 is 6.89 Å². The van der Waals surface area contributed by atoms with Crippen LogP contribution in [0.25, 0.3) is 11.2 Å². The molecule has 3 heterocycles. The molecule has 14 nitrogen and oxygen atoms in total. The summed E-state index contributed by atoms with van der Waals surface area (Å²) in [6.07, 6.45) is 6.81. The van der Waals surface area contributed by atoms with Crippen LogP contribution in [0.4, 0.5) is 5.82 Å². The van der Waals surface area contributed by atoms with Crippen LogP contribution in [0, 0.1) is 0 Å². The summed E-state index contributed by atoms with van der Waals surface area (Å²) in [5.41, 5.74) is 6.42. The van der Waals surface area contributed by atoms with Gasteiger partial charge in [-0.3, -0.25) is 4.57 Å². The number of fused-ring (bicyclic) bond motifs is 1. The van der Waals surface area contributed by atoms with E-state index in [1.165, 1.54) is 6.33 Å². The molecule has 3 rings (SSSR count). The molecule has 2 aromatic rings. The summed E-state index contributed by atoms with van der Waals surface area (Å²) < 4.78 is 33.8. The third kappa shape index (κ3) is 10.3. The minimum Gasteiger partial charge on any atom is -0.388 e. The van der Waals surface area contributed by atoms with E-state index in [2.05, 4.69) is 39.9 Å². The van der Waals surface area contributed by atoms with E-state index < -0.39 is 31.4 Å². The van der Waals surface area contributed by atoms with Gasteiger partial charge in [-0.1, -0.05) is 0 Å². The lowest BCUT2D eigenvalue weighted by Gasteiger charge is -2.18. The van der Waals surface area contributed by atoms with E-state index in [1.54, 1.807) is 10.9 Å². The van der Waals surface area contributed by atoms with Crippen molar-refractivity contribution in [3.05, 3.63) is 12.7 Å². The Balaban J connectivity index is 1.35. The first-order chi connectivity index (χ1) is 18.8. The van der Waals surface area contributed by atoms with Gasteiger partial charge in [-0.15, -0.1) is 13.2 Å². The summed E-state index contributed by atoms with van der Waals surface area (Å²) in [6.45, 7) is 5.56. The topological polar surface area (TPSA) is 177 Å². The van der Waals surface area contributed by atoms with E-state index in [4.69, 9.17) is 34.2 Å². The molecule has 0 aliphatic carbocycles. The lowest BCUT2D eigenvalue weighted by molar-refractivity contribution is -0.191. The van der Waals surface area contributed by atoms with Gasteiger partial charge in [0.2, 0.25) is 0 Å². The molecule has 15 heteroatoms. The molecule has 5 N–H and O–H groups in total. The van der Waals surface area contributed by atoms with Gasteiger partial charge in [-0.2, -0.15) is 0 Å². The highest BCUT2D eigenvalue weighted by molar-refractivity contribution is 7.72. The van der Waals surface area contributed by atoms with Gasteiger partial charge in [0, 0.05) is 6.54 Å². The van der Waals surface area contributed by atoms with E-state index in [0.29, 0.717) is 56.1 Å². The Morgan fingerprint density at radius 1 is 1.00 bits per heavy atom. The molecule has 39 heavy (non-hydrogen) atoms. The number of hydrogen-bond acceptors (Lipinski definition) is 13. The van der Waals surface area contributed by atoms with Crippen LogP contribution in [-0.2, 0) is 28.4 Å². The van der Waals surface area contributed by atoms with Gasteiger partial charge in [0.05, 0.1) is 25.6 Å². The van der Waals surface area contributed by atoms with E-state index in [9.17, 15) is 10.2 Å². The fourth-order valence-electron chi connectivity index (χ4n) is 3.86. The maximum Gasteiger partial charge on any atom is 0.167 e. The average molecular weight is 575 g/mol. The number of nitrogens with one attached hydrogen (secondary N) is 1. The summed E-state index contributed by atoms with van der Waals surface area (Å²) in [5, 5.41) is 24.5. The molecule has 4 atom stereocenters. The lowest BCUT2D eigenvalue weighted by Crippen LogP contribution is -2.31. The number of nitrogens with two attached hydrogens (primary N) is 1. The monoisotopic (exact) mass is 574 g/mol. The van der Waals surface area contributed by atoms with Crippen molar-refractivity contribution >= 4 is 30.2 Å². The normalized spacial score (nSPS) is 21.7. The van der Waals surface area contributed by atoms with Crippen molar-refractivity contribution in [1.82, 2.24) is 19.5 Å². The number of anilines is 1. The molecule has 1 aliphatic rings. The number of aromatic nitrogens is 4. The zero-order chi connectivity index (χ0) is 28.1. The Morgan fingerprint density at radius 2 is 1.67 bits per heavy atom. The first-order valence-electron chi connectivity index (χ1n) is 13.0. The fraction of sp³-hybridized carbons (Fsp3) is 0.750. The third-order valence-corrected chi connectivity index (χ3v) is 7.38. The summed E-state index contributed by atoms with van der Waals surface area (Å²) in [5.74, 6) is 0.559. The molecule has 0 saturated carbocycles. The highest BCUT2D eigenvalue weighted by atomic mass is 31.2. The molecular weight excluding hydrogens is 531 g/mol. The lowest BCUT2D eigenvalue weighted by atomic mass is 10.1. The van der Waals surface area contributed by atoms with Gasteiger partial charge in [0.25, 0.3) is 0 Å². The van der Waals surface area contributed by atoms with Gasteiger partial charge in [0.1, 0.15) is 32.1 Å². The molecule has 2 aromatic heterocycles. The van der Waals surface area contributed by atoms with Crippen molar-refractivity contribution in [2.75, 3.05) is 78.3 Å². The minimum absolute atomic E-state index is 0.0506. The second kappa shape index (κ2) is 16.5. The van der Waals surface area contributed by atoms with Gasteiger partial charge >= 0.3 is 0 Å². The minimum atomic E-state index is -1.27. The Labute approximate surface area is 229 Å². The molecule has 1 unspecified atom stereocenters. The number of rotatable bonds is 20. The van der Waals surface area contributed by atoms with Crippen LogP contribution in [-0.4, -0.2) is 127 Å². The molecular formula is C24H43N6O8P. The average Bonchev–Trinajstić information content (AvgIpc) is 3.46. The van der Waals surface area contributed by atoms with Gasteiger partial charge < -0.3 is 49.7 Å². The second-order valence-corrected chi connectivity index (χ2v) is 14.2.